The standard InChI is InChI=1S/C13H17ClN2O3/c1-9(2)16(7-3-4-12(17)18)13(19)10-5-6-15-11(14)8-10/h5-6,8-9H,3-4,7H2,1-2H3,(H,17,18). The van der Waals surface area contributed by atoms with E-state index in [1.165, 1.54) is 12.3 Å². The van der Waals surface area contributed by atoms with Crippen molar-refractivity contribution in [3.8, 4) is 0 Å². The summed E-state index contributed by atoms with van der Waals surface area (Å²) in [6, 6.07) is 3.10. The quantitative estimate of drug-likeness (QED) is 0.815. The van der Waals surface area contributed by atoms with Crippen LogP contribution in [0.25, 0.3) is 0 Å². The fourth-order valence-electron chi connectivity index (χ4n) is 1.70. The van der Waals surface area contributed by atoms with E-state index in [1.54, 1.807) is 11.0 Å². The highest BCUT2D eigenvalue weighted by Gasteiger charge is 2.19. The van der Waals surface area contributed by atoms with Gasteiger partial charge in [-0.3, -0.25) is 9.59 Å². The van der Waals surface area contributed by atoms with E-state index in [0.29, 0.717) is 18.5 Å². The van der Waals surface area contributed by atoms with Crippen LogP contribution in [0.2, 0.25) is 5.15 Å². The predicted octanol–water partition coefficient (Wildman–Crippen LogP) is 2.45. The lowest BCUT2D eigenvalue weighted by Crippen LogP contribution is -2.37. The number of pyridine rings is 1. The average Bonchev–Trinajstić information content (AvgIpc) is 2.33. The van der Waals surface area contributed by atoms with Crippen molar-refractivity contribution in [3.05, 3.63) is 29.0 Å². The highest BCUT2D eigenvalue weighted by atomic mass is 35.5. The van der Waals surface area contributed by atoms with Crippen molar-refractivity contribution in [2.24, 2.45) is 0 Å². The van der Waals surface area contributed by atoms with Crippen LogP contribution in [0.3, 0.4) is 0 Å². The van der Waals surface area contributed by atoms with Gasteiger partial charge in [-0.25, -0.2) is 4.98 Å². The number of hydrogen-bond donors (Lipinski definition) is 1. The van der Waals surface area contributed by atoms with Crippen LogP contribution in [0.5, 0.6) is 0 Å². The third-order valence-corrected chi connectivity index (χ3v) is 2.85. The van der Waals surface area contributed by atoms with Gasteiger partial charge in [-0.1, -0.05) is 11.6 Å². The zero-order valence-electron chi connectivity index (χ0n) is 11.0. The Morgan fingerprint density at radius 2 is 2.16 bits per heavy atom. The second kappa shape index (κ2) is 7.09. The van der Waals surface area contributed by atoms with Crippen molar-refractivity contribution in [3.63, 3.8) is 0 Å². The molecule has 1 rings (SSSR count). The van der Waals surface area contributed by atoms with Crippen LogP contribution in [-0.4, -0.2) is 39.5 Å². The first-order valence-electron chi connectivity index (χ1n) is 6.06. The maximum Gasteiger partial charge on any atom is 0.303 e. The molecule has 0 fully saturated rings. The van der Waals surface area contributed by atoms with Crippen molar-refractivity contribution in [2.75, 3.05) is 6.54 Å². The molecule has 0 unspecified atom stereocenters. The van der Waals surface area contributed by atoms with Crippen LogP contribution < -0.4 is 0 Å². The van der Waals surface area contributed by atoms with Gasteiger partial charge < -0.3 is 10.0 Å². The molecule has 0 spiro atoms. The number of nitrogens with zero attached hydrogens (tertiary/aromatic N) is 2. The van der Waals surface area contributed by atoms with Gasteiger partial charge in [0.15, 0.2) is 0 Å². The van der Waals surface area contributed by atoms with E-state index in [1.807, 2.05) is 13.8 Å². The molecule has 6 heteroatoms. The van der Waals surface area contributed by atoms with Crippen LogP contribution >= 0.6 is 11.6 Å². The van der Waals surface area contributed by atoms with Gasteiger partial charge in [-0.05, 0) is 32.4 Å². The molecule has 1 aromatic heterocycles. The Kier molecular flexibility index (Phi) is 5.76. The minimum atomic E-state index is -0.858. The molecule has 0 atom stereocenters. The van der Waals surface area contributed by atoms with E-state index in [4.69, 9.17) is 16.7 Å². The lowest BCUT2D eigenvalue weighted by atomic mass is 10.2. The monoisotopic (exact) mass is 284 g/mol. The molecule has 0 aliphatic rings. The second-order valence-corrected chi connectivity index (χ2v) is 4.84. The van der Waals surface area contributed by atoms with Gasteiger partial charge >= 0.3 is 5.97 Å². The molecule has 1 N–H and O–H groups in total. The number of aromatic nitrogens is 1. The van der Waals surface area contributed by atoms with E-state index in [-0.39, 0.29) is 23.5 Å². The summed E-state index contributed by atoms with van der Waals surface area (Å²) in [5.74, 6) is -1.02. The number of amides is 1. The molecule has 0 radical (unpaired) electrons. The number of carbonyl (C=O) groups excluding carboxylic acids is 1. The number of hydrogen-bond acceptors (Lipinski definition) is 3. The van der Waals surface area contributed by atoms with Crippen LogP contribution in [-0.2, 0) is 4.79 Å². The predicted molar refractivity (Wildman–Crippen MR) is 72.3 cm³/mol. The first kappa shape index (κ1) is 15.4. The molecule has 0 aromatic carbocycles. The second-order valence-electron chi connectivity index (χ2n) is 4.46. The highest BCUT2D eigenvalue weighted by molar-refractivity contribution is 6.29. The van der Waals surface area contributed by atoms with Crippen molar-refractivity contribution >= 4 is 23.5 Å². The molecular weight excluding hydrogens is 268 g/mol. The number of aliphatic carboxylic acids is 1. The lowest BCUT2D eigenvalue weighted by molar-refractivity contribution is -0.137. The van der Waals surface area contributed by atoms with Gasteiger partial charge in [-0.2, -0.15) is 0 Å². The Labute approximate surface area is 117 Å². The average molecular weight is 285 g/mol. The van der Waals surface area contributed by atoms with Crippen LogP contribution in [0.15, 0.2) is 18.3 Å². The molecule has 0 aliphatic heterocycles. The Balaban J connectivity index is 2.75. The summed E-state index contributed by atoms with van der Waals surface area (Å²) in [5, 5.41) is 8.89. The molecule has 1 aromatic rings. The molecule has 0 saturated heterocycles. The van der Waals surface area contributed by atoms with Gasteiger partial charge in [0.05, 0.1) is 0 Å². The van der Waals surface area contributed by atoms with Gasteiger partial charge in [0, 0.05) is 30.8 Å². The summed E-state index contributed by atoms with van der Waals surface area (Å²) in [7, 11) is 0. The van der Waals surface area contributed by atoms with Crippen LogP contribution in [0.4, 0.5) is 0 Å². The van der Waals surface area contributed by atoms with E-state index >= 15 is 0 Å². The van der Waals surface area contributed by atoms with E-state index in [0.717, 1.165) is 0 Å². The summed E-state index contributed by atoms with van der Waals surface area (Å²) in [6.45, 7) is 4.19. The number of carbonyl (C=O) groups is 2. The van der Waals surface area contributed by atoms with Gasteiger partial charge in [-0.15, -0.1) is 0 Å². The maximum absolute atomic E-state index is 12.3. The third-order valence-electron chi connectivity index (χ3n) is 2.65. The Hall–Kier alpha value is -1.62. The van der Waals surface area contributed by atoms with Crippen molar-refractivity contribution in [1.29, 1.82) is 0 Å². The lowest BCUT2D eigenvalue weighted by Gasteiger charge is -2.26. The first-order valence-corrected chi connectivity index (χ1v) is 6.44. The molecule has 0 bridgehead atoms. The SMILES string of the molecule is CC(C)N(CCCC(=O)O)C(=O)c1ccnc(Cl)c1. The molecule has 1 heterocycles. The largest absolute Gasteiger partial charge is 0.481 e. The van der Waals surface area contributed by atoms with E-state index in [2.05, 4.69) is 4.98 Å². The zero-order chi connectivity index (χ0) is 14.4. The number of rotatable bonds is 6. The molecule has 1 amide bonds. The minimum absolute atomic E-state index is 0.00626. The molecule has 19 heavy (non-hydrogen) atoms. The number of carboxylic acid groups (broad SMARTS) is 1. The normalized spacial score (nSPS) is 10.5. The van der Waals surface area contributed by atoms with Gasteiger partial charge in [0.1, 0.15) is 5.15 Å². The fraction of sp³-hybridized carbons (Fsp3) is 0.462. The fourth-order valence-corrected chi connectivity index (χ4v) is 1.87. The minimum Gasteiger partial charge on any atom is -0.481 e. The zero-order valence-corrected chi connectivity index (χ0v) is 11.7. The molecular formula is C13H17ClN2O3. The summed E-state index contributed by atoms with van der Waals surface area (Å²) >= 11 is 5.76. The highest BCUT2D eigenvalue weighted by Crippen LogP contribution is 2.13. The number of carboxylic acids is 1. The molecule has 104 valence electrons. The molecule has 0 saturated carbocycles. The van der Waals surface area contributed by atoms with Crippen molar-refractivity contribution < 1.29 is 14.7 Å². The smallest absolute Gasteiger partial charge is 0.303 e. The van der Waals surface area contributed by atoms with Gasteiger partial charge in [0.2, 0.25) is 0 Å². The Bertz CT molecular complexity index is 463. The summed E-state index contributed by atoms with van der Waals surface area (Å²) < 4.78 is 0. The summed E-state index contributed by atoms with van der Waals surface area (Å²) in [4.78, 5) is 28.3. The first-order chi connectivity index (χ1) is 8.91. The van der Waals surface area contributed by atoms with Gasteiger partial charge in [0.25, 0.3) is 5.91 Å². The van der Waals surface area contributed by atoms with Crippen molar-refractivity contribution in [1.82, 2.24) is 9.88 Å². The maximum atomic E-state index is 12.3. The number of halogens is 1. The molecule has 0 aliphatic carbocycles. The Morgan fingerprint density at radius 1 is 1.47 bits per heavy atom. The van der Waals surface area contributed by atoms with E-state index < -0.39 is 5.97 Å². The molecule has 5 nitrogen and oxygen atoms in total. The van der Waals surface area contributed by atoms with Crippen LogP contribution in [0.1, 0.15) is 37.0 Å². The Morgan fingerprint density at radius 3 is 2.68 bits per heavy atom. The third kappa shape index (κ3) is 4.87. The van der Waals surface area contributed by atoms with Crippen LogP contribution in [0, 0.1) is 0 Å². The topological polar surface area (TPSA) is 70.5 Å². The summed E-state index contributed by atoms with van der Waals surface area (Å²) in [5.41, 5.74) is 0.462. The van der Waals surface area contributed by atoms with E-state index in [9.17, 15) is 9.59 Å². The summed E-state index contributed by atoms with van der Waals surface area (Å²) in [6.07, 6.45) is 1.96. The van der Waals surface area contributed by atoms with Crippen molar-refractivity contribution in [2.45, 2.75) is 32.7 Å².